The molecule has 0 aliphatic rings. The lowest BCUT2D eigenvalue weighted by Crippen LogP contribution is -2.15. The second kappa shape index (κ2) is 7.88. The number of aromatic amines is 1. The number of aromatic nitrogens is 4. The van der Waals surface area contributed by atoms with Gasteiger partial charge in [0.2, 0.25) is 5.91 Å². The van der Waals surface area contributed by atoms with Crippen molar-refractivity contribution in [2.75, 3.05) is 11.1 Å². The average Bonchev–Trinajstić information content (AvgIpc) is 3.12. The highest BCUT2D eigenvalue weighted by molar-refractivity contribution is 7.99. The molecule has 2 aromatic carbocycles. The molecule has 0 spiro atoms. The van der Waals surface area contributed by atoms with E-state index in [9.17, 15) is 14.0 Å². The summed E-state index contributed by atoms with van der Waals surface area (Å²) < 4.78 is 14.6. The second-order valence-electron chi connectivity index (χ2n) is 6.35. The number of hydrogen-bond acceptors (Lipinski definition) is 5. The number of carbonyl (C=O) groups is 1. The number of thioether (sulfide) groups is 1. The first-order valence-electron chi connectivity index (χ1n) is 8.73. The van der Waals surface area contributed by atoms with Crippen molar-refractivity contribution >= 4 is 34.4 Å². The number of halogens is 1. The molecule has 0 unspecified atom stereocenters. The number of fused-ring (bicyclic) bond motifs is 1. The molecule has 0 saturated heterocycles. The molecule has 4 aromatic rings. The lowest BCUT2D eigenvalue weighted by atomic mass is 10.2. The van der Waals surface area contributed by atoms with Crippen LogP contribution in [0, 0.1) is 12.7 Å². The van der Waals surface area contributed by atoms with Gasteiger partial charge in [0.05, 0.1) is 17.6 Å². The van der Waals surface area contributed by atoms with E-state index >= 15 is 0 Å². The van der Waals surface area contributed by atoms with Crippen LogP contribution < -0.4 is 10.9 Å². The van der Waals surface area contributed by atoms with Gasteiger partial charge in [-0.2, -0.15) is 5.10 Å². The van der Waals surface area contributed by atoms with E-state index in [1.807, 2.05) is 31.2 Å². The Bertz CT molecular complexity index is 1250. The van der Waals surface area contributed by atoms with Crippen molar-refractivity contribution in [3.8, 4) is 5.69 Å². The molecule has 29 heavy (non-hydrogen) atoms. The van der Waals surface area contributed by atoms with Crippen LogP contribution in [-0.4, -0.2) is 31.4 Å². The summed E-state index contributed by atoms with van der Waals surface area (Å²) in [5.74, 6) is -0.505. The van der Waals surface area contributed by atoms with Crippen LogP contribution in [0.25, 0.3) is 16.7 Å². The van der Waals surface area contributed by atoms with E-state index in [1.165, 1.54) is 23.0 Å². The van der Waals surface area contributed by atoms with E-state index in [0.29, 0.717) is 27.6 Å². The van der Waals surface area contributed by atoms with Gasteiger partial charge in [0, 0.05) is 5.69 Å². The van der Waals surface area contributed by atoms with Gasteiger partial charge < -0.3 is 10.3 Å². The summed E-state index contributed by atoms with van der Waals surface area (Å²) in [4.78, 5) is 31.6. The molecule has 2 aromatic heterocycles. The Hall–Kier alpha value is -3.46. The Morgan fingerprint density at radius 1 is 1.24 bits per heavy atom. The third kappa shape index (κ3) is 4.19. The Morgan fingerprint density at radius 3 is 2.79 bits per heavy atom. The molecule has 0 saturated carbocycles. The van der Waals surface area contributed by atoms with Crippen LogP contribution >= 0.6 is 11.8 Å². The molecule has 0 radical (unpaired) electrons. The van der Waals surface area contributed by atoms with E-state index in [1.54, 1.807) is 12.1 Å². The molecule has 1 amide bonds. The number of anilines is 1. The normalized spacial score (nSPS) is 11.0. The minimum Gasteiger partial charge on any atom is -0.325 e. The maximum absolute atomic E-state index is 13.2. The first-order chi connectivity index (χ1) is 14.0. The standard InChI is InChI=1S/C20H16FN5O2S/c1-12-3-2-4-14(9-12)23-17(27)11-29-20-24-18-16(19(28)25-20)10-22-26(18)15-7-5-13(21)6-8-15/h2-10H,11H2,1H3,(H,23,27)(H,24,25,28). The zero-order valence-electron chi connectivity index (χ0n) is 15.3. The van der Waals surface area contributed by atoms with Gasteiger partial charge in [-0.05, 0) is 48.9 Å². The third-order valence-corrected chi connectivity index (χ3v) is 5.00. The van der Waals surface area contributed by atoms with Crippen molar-refractivity contribution < 1.29 is 9.18 Å². The first kappa shape index (κ1) is 18.9. The van der Waals surface area contributed by atoms with Crippen molar-refractivity contribution in [1.29, 1.82) is 0 Å². The van der Waals surface area contributed by atoms with Crippen molar-refractivity contribution in [3.63, 3.8) is 0 Å². The fourth-order valence-corrected chi connectivity index (χ4v) is 3.45. The maximum atomic E-state index is 13.2. The molecule has 4 rings (SSSR count). The number of rotatable bonds is 5. The summed E-state index contributed by atoms with van der Waals surface area (Å²) in [6.45, 7) is 1.94. The fraction of sp³-hybridized carbons (Fsp3) is 0.100. The van der Waals surface area contributed by atoms with E-state index in [-0.39, 0.29) is 23.0 Å². The van der Waals surface area contributed by atoms with Gasteiger partial charge >= 0.3 is 0 Å². The average molecular weight is 409 g/mol. The van der Waals surface area contributed by atoms with Crippen LogP contribution in [-0.2, 0) is 4.79 Å². The summed E-state index contributed by atoms with van der Waals surface area (Å²) in [7, 11) is 0. The number of benzene rings is 2. The highest BCUT2D eigenvalue weighted by atomic mass is 32.2. The minimum absolute atomic E-state index is 0.0765. The largest absolute Gasteiger partial charge is 0.325 e. The Kier molecular flexibility index (Phi) is 5.13. The molecule has 0 atom stereocenters. The quantitative estimate of drug-likeness (QED) is 0.390. The van der Waals surface area contributed by atoms with E-state index in [0.717, 1.165) is 17.3 Å². The topological polar surface area (TPSA) is 92.7 Å². The summed E-state index contributed by atoms with van der Waals surface area (Å²) in [5.41, 5.74) is 2.31. The molecule has 0 bridgehead atoms. The number of H-pyrrole nitrogens is 1. The number of carbonyl (C=O) groups excluding carboxylic acids is 1. The summed E-state index contributed by atoms with van der Waals surface area (Å²) >= 11 is 1.11. The molecule has 0 aliphatic carbocycles. The molecule has 2 heterocycles. The molecule has 7 nitrogen and oxygen atoms in total. The van der Waals surface area contributed by atoms with Crippen LogP contribution in [0.5, 0.6) is 0 Å². The predicted molar refractivity (Wildman–Crippen MR) is 110 cm³/mol. The summed E-state index contributed by atoms with van der Waals surface area (Å²) in [5, 5.41) is 7.59. The van der Waals surface area contributed by atoms with Crippen molar-refractivity contribution in [2.45, 2.75) is 12.1 Å². The molecule has 146 valence electrons. The Balaban J connectivity index is 1.55. The molecular weight excluding hydrogens is 393 g/mol. The zero-order valence-corrected chi connectivity index (χ0v) is 16.2. The van der Waals surface area contributed by atoms with Gasteiger partial charge in [-0.25, -0.2) is 14.1 Å². The van der Waals surface area contributed by atoms with E-state index in [2.05, 4.69) is 20.4 Å². The van der Waals surface area contributed by atoms with Gasteiger partial charge in [-0.3, -0.25) is 9.59 Å². The van der Waals surface area contributed by atoms with Crippen LogP contribution in [0.3, 0.4) is 0 Å². The van der Waals surface area contributed by atoms with Crippen LogP contribution in [0.15, 0.2) is 64.7 Å². The third-order valence-electron chi connectivity index (χ3n) is 4.13. The monoisotopic (exact) mass is 409 g/mol. The van der Waals surface area contributed by atoms with E-state index < -0.39 is 0 Å². The van der Waals surface area contributed by atoms with Crippen molar-refractivity contribution in [1.82, 2.24) is 19.7 Å². The van der Waals surface area contributed by atoms with Crippen LogP contribution in [0.1, 0.15) is 5.56 Å². The smallest absolute Gasteiger partial charge is 0.262 e. The van der Waals surface area contributed by atoms with E-state index in [4.69, 9.17) is 0 Å². The number of amides is 1. The lowest BCUT2D eigenvalue weighted by molar-refractivity contribution is -0.113. The maximum Gasteiger partial charge on any atom is 0.262 e. The molecular formula is C20H16FN5O2S. The van der Waals surface area contributed by atoms with Gasteiger partial charge in [-0.15, -0.1) is 0 Å². The summed E-state index contributed by atoms with van der Waals surface area (Å²) in [6, 6.07) is 13.2. The highest BCUT2D eigenvalue weighted by Gasteiger charge is 2.13. The SMILES string of the molecule is Cc1cccc(NC(=O)CSc2nc3c(cnn3-c3ccc(F)cc3)c(=O)[nH]2)c1. The van der Waals surface area contributed by atoms with Crippen molar-refractivity contribution in [2.24, 2.45) is 0 Å². The highest BCUT2D eigenvalue weighted by Crippen LogP contribution is 2.18. The Labute approximate surface area is 169 Å². The summed E-state index contributed by atoms with van der Waals surface area (Å²) in [6.07, 6.45) is 1.41. The molecule has 0 aliphatic heterocycles. The Morgan fingerprint density at radius 2 is 2.03 bits per heavy atom. The number of nitrogens with one attached hydrogen (secondary N) is 2. The number of nitrogens with zero attached hydrogens (tertiary/aromatic N) is 3. The molecule has 9 heteroatoms. The van der Waals surface area contributed by atoms with Gasteiger partial charge in [-0.1, -0.05) is 23.9 Å². The molecule has 2 N–H and O–H groups in total. The lowest BCUT2D eigenvalue weighted by Gasteiger charge is -2.06. The van der Waals surface area contributed by atoms with Crippen LogP contribution in [0.2, 0.25) is 0 Å². The number of aryl methyl sites for hydroxylation is 1. The van der Waals surface area contributed by atoms with Crippen LogP contribution in [0.4, 0.5) is 10.1 Å². The van der Waals surface area contributed by atoms with Gasteiger partial charge in [0.1, 0.15) is 11.2 Å². The number of hydrogen-bond donors (Lipinski definition) is 2. The first-order valence-corrected chi connectivity index (χ1v) is 9.71. The molecule has 0 fully saturated rings. The van der Waals surface area contributed by atoms with Gasteiger partial charge in [0.15, 0.2) is 10.8 Å². The second-order valence-corrected chi connectivity index (χ2v) is 7.31. The fourth-order valence-electron chi connectivity index (χ4n) is 2.79. The van der Waals surface area contributed by atoms with Crippen molar-refractivity contribution in [3.05, 3.63) is 76.5 Å². The zero-order chi connectivity index (χ0) is 20.4. The minimum atomic E-state index is -0.369. The van der Waals surface area contributed by atoms with Gasteiger partial charge in [0.25, 0.3) is 5.56 Å². The predicted octanol–water partition coefficient (Wildman–Crippen LogP) is 3.29.